The minimum atomic E-state index is 0.114. The number of ether oxygens (including phenoxy) is 1. The van der Waals surface area contributed by atoms with Crippen molar-refractivity contribution in [3.8, 4) is 5.75 Å². The van der Waals surface area contributed by atoms with Crippen molar-refractivity contribution < 1.29 is 9.53 Å². The quantitative estimate of drug-likeness (QED) is 0.653. The molecule has 0 aliphatic heterocycles. The van der Waals surface area contributed by atoms with Crippen LogP contribution in [0.25, 0.3) is 0 Å². The standard InChI is InChI=1S/C22H21NO2/c1-23-22(19-9-3-2-4-10-19)20-11-6-12-21(14-20)25-16-18-8-5-7-17(13-18)15-24/h2-15,22-23H,16H2,1H3. The first-order valence-corrected chi connectivity index (χ1v) is 8.29. The fourth-order valence-electron chi connectivity index (χ4n) is 2.88. The van der Waals surface area contributed by atoms with Gasteiger partial charge in [-0.15, -0.1) is 0 Å². The number of rotatable bonds is 7. The lowest BCUT2D eigenvalue weighted by molar-refractivity contribution is 0.112. The van der Waals surface area contributed by atoms with Gasteiger partial charge in [-0.25, -0.2) is 0 Å². The molecule has 3 heteroatoms. The molecule has 0 aromatic heterocycles. The van der Waals surface area contributed by atoms with E-state index in [-0.39, 0.29) is 6.04 Å². The van der Waals surface area contributed by atoms with Gasteiger partial charge in [0.15, 0.2) is 0 Å². The molecular weight excluding hydrogens is 310 g/mol. The molecule has 126 valence electrons. The highest BCUT2D eigenvalue weighted by molar-refractivity contribution is 5.74. The van der Waals surface area contributed by atoms with Crippen LogP contribution in [0.1, 0.15) is 33.1 Å². The van der Waals surface area contributed by atoms with E-state index in [1.165, 1.54) is 5.56 Å². The smallest absolute Gasteiger partial charge is 0.150 e. The molecule has 3 nitrogen and oxygen atoms in total. The van der Waals surface area contributed by atoms with E-state index in [1.807, 2.05) is 55.6 Å². The average molecular weight is 331 g/mol. The first kappa shape index (κ1) is 16.9. The van der Waals surface area contributed by atoms with Crippen molar-refractivity contribution in [3.05, 3.63) is 101 Å². The molecule has 1 N–H and O–H groups in total. The van der Waals surface area contributed by atoms with Crippen molar-refractivity contribution in [2.75, 3.05) is 7.05 Å². The van der Waals surface area contributed by atoms with Crippen LogP contribution < -0.4 is 10.1 Å². The maximum atomic E-state index is 10.9. The summed E-state index contributed by atoms with van der Waals surface area (Å²) in [7, 11) is 1.95. The second-order valence-corrected chi connectivity index (χ2v) is 5.86. The van der Waals surface area contributed by atoms with E-state index in [2.05, 4.69) is 29.6 Å². The van der Waals surface area contributed by atoms with E-state index < -0.39 is 0 Å². The second kappa shape index (κ2) is 8.27. The highest BCUT2D eigenvalue weighted by Gasteiger charge is 2.12. The molecule has 0 saturated carbocycles. The Labute approximate surface area is 148 Å². The lowest BCUT2D eigenvalue weighted by Gasteiger charge is -2.18. The van der Waals surface area contributed by atoms with Gasteiger partial charge in [0, 0.05) is 5.56 Å². The van der Waals surface area contributed by atoms with Gasteiger partial charge in [0.05, 0.1) is 6.04 Å². The molecule has 0 radical (unpaired) electrons. The van der Waals surface area contributed by atoms with Gasteiger partial charge in [-0.2, -0.15) is 0 Å². The Morgan fingerprint density at radius 3 is 2.44 bits per heavy atom. The number of hydrogen-bond acceptors (Lipinski definition) is 3. The van der Waals surface area contributed by atoms with Crippen LogP contribution in [0.3, 0.4) is 0 Å². The van der Waals surface area contributed by atoms with Crippen LogP contribution in [0.5, 0.6) is 5.75 Å². The molecule has 0 spiro atoms. The van der Waals surface area contributed by atoms with E-state index in [4.69, 9.17) is 4.74 Å². The lowest BCUT2D eigenvalue weighted by atomic mass is 9.99. The zero-order valence-electron chi connectivity index (χ0n) is 14.2. The number of aldehydes is 1. The molecule has 0 aliphatic rings. The van der Waals surface area contributed by atoms with Gasteiger partial charge in [0.1, 0.15) is 18.6 Å². The van der Waals surface area contributed by atoms with E-state index in [1.54, 1.807) is 6.07 Å². The SMILES string of the molecule is CNC(c1ccccc1)c1cccc(OCc2cccc(C=O)c2)c1. The van der Waals surface area contributed by atoms with Crippen molar-refractivity contribution in [1.82, 2.24) is 5.32 Å². The molecule has 1 unspecified atom stereocenters. The summed E-state index contributed by atoms with van der Waals surface area (Å²) in [5.74, 6) is 0.810. The fraction of sp³-hybridized carbons (Fsp3) is 0.136. The normalized spacial score (nSPS) is 11.7. The molecule has 0 amide bonds. The van der Waals surface area contributed by atoms with Gasteiger partial charge in [-0.3, -0.25) is 4.79 Å². The molecule has 0 fully saturated rings. The van der Waals surface area contributed by atoms with Gasteiger partial charge in [-0.05, 0) is 41.9 Å². The topological polar surface area (TPSA) is 38.3 Å². The molecule has 0 heterocycles. The molecule has 0 saturated heterocycles. The number of nitrogens with one attached hydrogen (secondary N) is 1. The molecule has 0 bridgehead atoms. The zero-order valence-corrected chi connectivity index (χ0v) is 14.2. The average Bonchev–Trinajstić information content (AvgIpc) is 2.68. The van der Waals surface area contributed by atoms with Gasteiger partial charge in [0.2, 0.25) is 0 Å². The van der Waals surface area contributed by atoms with Crippen molar-refractivity contribution in [3.63, 3.8) is 0 Å². The third-order valence-corrected chi connectivity index (χ3v) is 4.11. The zero-order chi connectivity index (χ0) is 17.5. The Morgan fingerprint density at radius 1 is 0.920 bits per heavy atom. The summed E-state index contributed by atoms with van der Waals surface area (Å²) in [5.41, 5.74) is 3.99. The van der Waals surface area contributed by atoms with E-state index in [9.17, 15) is 4.79 Å². The van der Waals surface area contributed by atoms with E-state index in [0.717, 1.165) is 23.2 Å². The Bertz CT molecular complexity index is 830. The molecule has 3 aromatic carbocycles. The summed E-state index contributed by atoms with van der Waals surface area (Å²) in [5, 5.41) is 3.36. The molecular formula is C22H21NO2. The first-order chi connectivity index (χ1) is 12.3. The van der Waals surface area contributed by atoms with Crippen molar-refractivity contribution in [2.24, 2.45) is 0 Å². The summed E-state index contributed by atoms with van der Waals surface area (Å²) in [6, 6.07) is 26.0. The third kappa shape index (κ3) is 4.34. The maximum absolute atomic E-state index is 10.9. The van der Waals surface area contributed by atoms with Gasteiger partial charge >= 0.3 is 0 Å². The van der Waals surface area contributed by atoms with Crippen molar-refractivity contribution in [1.29, 1.82) is 0 Å². The summed E-state index contributed by atoms with van der Waals surface area (Å²) in [6.07, 6.45) is 0.849. The molecule has 0 aliphatic carbocycles. The Morgan fingerprint density at radius 2 is 1.68 bits per heavy atom. The predicted octanol–water partition coefficient (Wildman–Crippen LogP) is 4.39. The van der Waals surface area contributed by atoms with Crippen LogP contribution in [0, 0.1) is 0 Å². The van der Waals surface area contributed by atoms with Crippen molar-refractivity contribution >= 4 is 6.29 Å². The van der Waals surface area contributed by atoms with Gasteiger partial charge < -0.3 is 10.1 Å². The van der Waals surface area contributed by atoms with Crippen molar-refractivity contribution in [2.45, 2.75) is 12.6 Å². The van der Waals surface area contributed by atoms with Crippen LogP contribution >= 0.6 is 0 Å². The van der Waals surface area contributed by atoms with E-state index in [0.29, 0.717) is 12.2 Å². The maximum Gasteiger partial charge on any atom is 0.150 e. The summed E-state index contributed by atoms with van der Waals surface area (Å²) < 4.78 is 5.92. The number of benzene rings is 3. The molecule has 3 aromatic rings. The second-order valence-electron chi connectivity index (χ2n) is 5.86. The highest BCUT2D eigenvalue weighted by atomic mass is 16.5. The molecule has 25 heavy (non-hydrogen) atoms. The minimum absolute atomic E-state index is 0.114. The lowest BCUT2D eigenvalue weighted by Crippen LogP contribution is -2.17. The number of hydrogen-bond donors (Lipinski definition) is 1. The summed E-state index contributed by atoms with van der Waals surface area (Å²) >= 11 is 0. The number of carbonyl (C=O) groups excluding carboxylic acids is 1. The summed E-state index contributed by atoms with van der Waals surface area (Å²) in [6.45, 7) is 0.431. The Hall–Kier alpha value is -2.91. The van der Waals surface area contributed by atoms with Crippen LogP contribution in [-0.2, 0) is 6.61 Å². The number of carbonyl (C=O) groups is 1. The van der Waals surface area contributed by atoms with Gasteiger partial charge in [-0.1, -0.05) is 60.7 Å². The summed E-state index contributed by atoms with van der Waals surface area (Å²) in [4.78, 5) is 10.9. The first-order valence-electron chi connectivity index (χ1n) is 8.29. The van der Waals surface area contributed by atoms with Crippen LogP contribution in [-0.4, -0.2) is 13.3 Å². The van der Waals surface area contributed by atoms with Crippen LogP contribution in [0.4, 0.5) is 0 Å². The Balaban J connectivity index is 1.75. The monoisotopic (exact) mass is 331 g/mol. The third-order valence-electron chi connectivity index (χ3n) is 4.11. The van der Waals surface area contributed by atoms with Crippen LogP contribution in [0.15, 0.2) is 78.9 Å². The van der Waals surface area contributed by atoms with Crippen LogP contribution in [0.2, 0.25) is 0 Å². The largest absolute Gasteiger partial charge is 0.489 e. The predicted molar refractivity (Wildman–Crippen MR) is 99.9 cm³/mol. The highest BCUT2D eigenvalue weighted by Crippen LogP contribution is 2.25. The minimum Gasteiger partial charge on any atom is -0.489 e. The molecule has 1 atom stereocenters. The fourth-order valence-corrected chi connectivity index (χ4v) is 2.88. The Kier molecular flexibility index (Phi) is 5.60. The van der Waals surface area contributed by atoms with Gasteiger partial charge in [0.25, 0.3) is 0 Å². The molecule has 3 rings (SSSR count). The van der Waals surface area contributed by atoms with E-state index >= 15 is 0 Å².